The van der Waals surface area contributed by atoms with Crippen molar-refractivity contribution in [3.63, 3.8) is 0 Å². The van der Waals surface area contributed by atoms with E-state index in [9.17, 15) is 4.79 Å². The van der Waals surface area contributed by atoms with Gasteiger partial charge >= 0.3 is 0 Å². The number of amides is 1. The molecule has 1 aromatic carbocycles. The van der Waals surface area contributed by atoms with Crippen molar-refractivity contribution in [1.29, 1.82) is 0 Å². The fourth-order valence-electron chi connectivity index (χ4n) is 6.49. The van der Waals surface area contributed by atoms with Crippen molar-refractivity contribution < 1.29 is 4.79 Å². The Bertz CT molecular complexity index is 878. The number of benzene rings is 1. The molecule has 0 aliphatic heterocycles. The number of hydrogen-bond acceptors (Lipinski definition) is 3. The molecule has 2 aromatic rings. The Kier molecular flexibility index (Phi) is 3.62. The third kappa shape index (κ3) is 2.92. The fourth-order valence-corrected chi connectivity index (χ4v) is 6.49. The monoisotopic (exact) mass is 376 g/mol. The molecule has 0 unspecified atom stereocenters. The van der Waals surface area contributed by atoms with Crippen LogP contribution in [0.3, 0.4) is 0 Å². The van der Waals surface area contributed by atoms with Crippen LogP contribution in [0.2, 0.25) is 0 Å². The molecular weight excluding hydrogens is 348 g/mol. The summed E-state index contributed by atoms with van der Waals surface area (Å²) >= 11 is 0. The van der Waals surface area contributed by atoms with Gasteiger partial charge in [0.05, 0.1) is 11.4 Å². The van der Waals surface area contributed by atoms with Gasteiger partial charge in [-0.1, -0.05) is 12.1 Å². The highest BCUT2D eigenvalue weighted by molar-refractivity contribution is 6.04. The van der Waals surface area contributed by atoms with Crippen LogP contribution < -0.4 is 10.6 Å². The van der Waals surface area contributed by atoms with Crippen molar-refractivity contribution in [2.75, 3.05) is 10.6 Å². The fraction of sp³-hybridized carbons (Fsp3) is 0.565. The Labute approximate surface area is 165 Å². The number of aromatic amines is 1. The summed E-state index contributed by atoms with van der Waals surface area (Å²) in [6.45, 7) is 0. The molecule has 5 fully saturated rings. The second-order valence-corrected chi connectivity index (χ2v) is 9.81. The van der Waals surface area contributed by atoms with E-state index in [0.29, 0.717) is 11.6 Å². The third-order valence-corrected chi connectivity index (χ3v) is 7.46. The summed E-state index contributed by atoms with van der Waals surface area (Å²) in [7, 11) is 0. The molecule has 0 radical (unpaired) electrons. The van der Waals surface area contributed by atoms with Crippen LogP contribution in [0.5, 0.6) is 0 Å². The molecule has 5 aliphatic rings. The maximum Gasteiger partial charge on any atom is 0.276 e. The van der Waals surface area contributed by atoms with Crippen LogP contribution in [0, 0.1) is 17.8 Å². The largest absolute Gasteiger partial charge is 0.378 e. The topological polar surface area (TPSA) is 69.8 Å². The van der Waals surface area contributed by atoms with E-state index in [1.54, 1.807) is 0 Å². The van der Waals surface area contributed by atoms with Crippen LogP contribution in [0.15, 0.2) is 30.3 Å². The highest BCUT2D eigenvalue weighted by Crippen LogP contribution is 2.56. The minimum Gasteiger partial charge on any atom is -0.378 e. The molecular formula is C23H28N4O. The van der Waals surface area contributed by atoms with Crippen molar-refractivity contribution in [3.8, 4) is 0 Å². The van der Waals surface area contributed by atoms with Crippen LogP contribution in [-0.4, -0.2) is 21.6 Å². The van der Waals surface area contributed by atoms with Gasteiger partial charge in [0.1, 0.15) is 0 Å². The van der Waals surface area contributed by atoms with Crippen molar-refractivity contribution in [3.05, 3.63) is 41.7 Å². The molecule has 28 heavy (non-hydrogen) atoms. The van der Waals surface area contributed by atoms with E-state index in [-0.39, 0.29) is 11.4 Å². The molecule has 5 heteroatoms. The van der Waals surface area contributed by atoms with Crippen molar-refractivity contribution >= 4 is 17.3 Å². The summed E-state index contributed by atoms with van der Waals surface area (Å²) in [5, 5.41) is 14.3. The number of hydrogen-bond donors (Lipinski definition) is 3. The van der Waals surface area contributed by atoms with E-state index in [0.717, 1.165) is 34.8 Å². The van der Waals surface area contributed by atoms with Crippen molar-refractivity contribution in [1.82, 2.24) is 10.2 Å². The number of anilines is 2. The average Bonchev–Trinajstić information content (AvgIpc) is 3.38. The highest BCUT2D eigenvalue weighted by atomic mass is 16.1. The summed E-state index contributed by atoms with van der Waals surface area (Å²) in [4.78, 5) is 12.8. The molecule has 5 saturated carbocycles. The van der Waals surface area contributed by atoms with Gasteiger partial charge in [-0.05, 0) is 87.3 Å². The number of aromatic nitrogens is 2. The number of carbonyl (C=O) groups is 1. The van der Waals surface area contributed by atoms with E-state index in [1.165, 1.54) is 51.4 Å². The minimum atomic E-state index is -0.136. The second-order valence-electron chi connectivity index (χ2n) is 9.81. The first-order valence-corrected chi connectivity index (χ1v) is 10.9. The Morgan fingerprint density at radius 3 is 2.29 bits per heavy atom. The van der Waals surface area contributed by atoms with Crippen LogP contribution in [0.1, 0.15) is 73.5 Å². The SMILES string of the molecule is O=C(Nc1ccccc1NC12CC3CC(CC(C3)C1)C2)c1cc(C2CC2)[nH]n1. The molecule has 146 valence electrons. The van der Waals surface area contributed by atoms with Crippen LogP contribution in [0.25, 0.3) is 0 Å². The summed E-state index contributed by atoms with van der Waals surface area (Å²) in [5.74, 6) is 3.11. The first-order valence-electron chi connectivity index (χ1n) is 10.9. The second kappa shape index (κ2) is 6.10. The molecule has 0 atom stereocenters. The lowest BCUT2D eigenvalue weighted by Crippen LogP contribution is -2.54. The van der Waals surface area contributed by atoms with Gasteiger partial charge in [-0.3, -0.25) is 9.89 Å². The van der Waals surface area contributed by atoms with Gasteiger partial charge in [-0.25, -0.2) is 0 Å². The van der Waals surface area contributed by atoms with Gasteiger partial charge in [0, 0.05) is 17.2 Å². The molecule has 1 heterocycles. The number of rotatable bonds is 5. The smallest absolute Gasteiger partial charge is 0.276 e. The van der Waals surface area contributed by atoms with Crippen molar-refractivity contribution in [2.45, 2.75) is 62.8 Å². The van der Waals surface area contributed by atoms with Crippen molar-refractivity contribution in [2.24, 2.45) is 17.8 Å². The number of para-hydroxylation sites is 2. The summed E-state index contributed by atoms with van der Waals surface area (Å²) in [5.41, 5.74) is 3.70. The van der Waals surface area contributed by atoms with E-state index in [2.05, 4.69) is 33.0 Å². The predicted octanol–water partition coefficient (Wildman–Crippen LogP) is 4.92. The molecule has 0 saturated heterocycles. The highest BCUT2D eigenvalue weighted by Gasteiger charge is 2.51. The molecule has 5 nitrogen and oxygen atoms in total. The average molecular weight is 377 g/mol. The van der Waals surface area contributed by atoms with Gasteiger partial charge in [-0.2, -0.15) is 5.10 Å². The zero-order valence-corrected chi connectivity index (χ0v) is 16.2. The molecule has 0 spiro atoms. The zero-order valence-electron chi connectivity index (χ0n) is 16.2. The normalized spacial score (nSPS) is 33.1. The summed E-state index contributed by atoms with van der Waals surface area (Å²) in [6, 6.07) is 10.0. The molecule has 1 aromatic heterocycles. The predicted molar refractivity (Wildman–Crippen MR) is 109 cm³/mol. The van der Waals surface area contributed by atoms with Gasteiger partial charge < -0.3 is 10.6 Å². The lowest BCUT2D eigenvalue weighted by atomic mass is 9.53. The molecule has 5 aliphatic carbocycles. The van der Waals surface area contributed by atoms with E-state index in [1.807, 2.05) is 18.2 Å². The van der Waals surface area contributed by atoms with Gasteiger partial charge in [-0.15, -0.1) is 0 Å². The summed E-state index contributed by atoms with van der Waals surface area (Å²) < 4.78 is 0. The van der Waals surface area contributed by atoms with Crippen LogP contribution in [0.4, 0.5) is 11.4 Å². The molecule has 7 rings (SSSR count). The standard InChI is InChI=1S/C23H28N4O/c28-22(21-10-20(26-27-21)17-5-6-17)24-18-3-1-2-4-19(18)25-23-11-14-7-15(12-23)9-16(8-14)13-23/h1-4,10,14-17,25H,5-9,11-13H2,(H,24,28)(H,26,27). The van der Waals surface area contributed by atoms with E-state index >= 15 is 0 Å². The van der Waals surface area contributed by atoms with Gasteiger partial charge in [0.15, 0.2) is 5.69 Å². The van der Waals surface area contributed by atoms with E-state index < -0.39 is 0 Å². The maximum atomic E-state index is 12.8. The first kappa shape index (κ1) is 16.6. The molecule has 1 amide bonds. The Morgan fingerprint density at radius 1 is 1.00 bits per heavy atom. The van der Waals surface area contributed by atoms with Crippen LogP contribution in [-0.2, 0) is 0 Å². The maximum absolute atomic E-state index is 12.8. The minimum absolute atomic E-state index is 0.136. The Morgan fingerprint density at radius 2 is 1.64 bits per heavy atom. The molecule has 4 bridgehead atoms. The third-order valence-electron chi connectivity index (χ3n) is 7.46. The zero-order chi connectivity index (χ0) is 18.7. The lowest BCUT2D eigenvalue weighted by molar-refractivity contribution is 0.0107. The van der Waals surface area contributed by atoms with Gasteiger partial charge in [0.25, 0.3) is 5.91 Å². The quantitative estimate of drug-likeness (QED) is 0.694. The Balaban J connectivity index is 1.22. The van der Waals surface area contributed by atoms with Gasteiger partial charge in [0.2, 0.25) is 0 Å². The number of nitrogens with one attached hydrogen (secondary N) is 3. The van der Waals surface area contributed by atoms with E-state index in [4.69, 9.17) is 0 Å². The number of carbonyl (C=O) groups excluding carboxylic acids is 1. The lowest BCUT2D eigenvalue weighted by Gasteiger charge is -2.57. The first-order chi connectivity index (χ1) is 13.7. The van der Waals surface area contributed by atoms with Crippen LogP contribution >= 0.6 is 0 Å². The summed E-state index contributed by atoms with van der Waals surface area (Å²) in [6.07, 6.45) is 10.5. The molecule has 3 N–H and O–H groups in total. The number of H-pyrrole nitrogens is 1. The Hall–Kier alpha value is -2.30. The number of nitrogens with zero attached hydrogens (tertiary/aromatic N) is 1.